The lowest BCUT2D eigenvalue weighted by atomic mass is 10.0. The van der Waals surface area contributed by atoms with Crippen LogP contribution in [0.25, 0.3) is 0 Å². The fourth-order valence-corrected chi connectivity index (χ4v) is 2.15. The predicted octanol–water partition coefficient (Wildman–Crippen LogP) is 4.11. The minimum atomic E-state index is 0.0496. The van der Waals surface area contributed by atoms with Crippen molar-refractivity contribution in [1.29, 1.82) is 0 Å². The predicted molar refractivity (Wildman–Crippen MR) is 82.2 cm³/mol. The second kappa shape index (κ2) is 5.78. The van der Waals surface area contributed by atoms with E-state index in [2.05, 4.69) is 4.99 Å². The van der Waals surface area contributed by atoms with Gasteiger partial charge < -0.3 is 10.2 Å². The summed E-state index contributed by atoms with van der Waals surface area (Å²) in [7, 11) is 0. The van der Waals surface area contributed by atoms with Crippen molar-refractivity contribution in [3.8, 4) is 11.5 Å². The van der Waals surface area contributed by atoms with Gasteiger partial charge in [-0.2, -0.15) is 0 Å². The lowest BCUT2D eigenvalue weighted by Crippen LogP contribution is -1.97. The van der Waals surface area contributed by atoms with E-state index in [1.807, 2.05) is 45.0 Å². The highest BCUT2D eigenvalue weighted by molar-refractivity contribution is 6.02. The highest BCUT2D eigenvalue weighted by Gasteiger charge is 2.10. The topological polar surface area (TPSA) is 52.8 Å². The number of phenols is 2. The fraction of sp³-hybridized carbons (Fsp3) is 0.235. The first-order valence-corrected chi connectivity index (χ1v) is 6.68. The van der Waals surface area contributed by atoms with Gasteiger partial charge in [0, 0.05) is 17.3 Å². The van der Waals surface area contributed by atoms with Crippen LogP contribution < -0.4 is 0 Å². The molecule has 104 valence electrons. The van der Waals surface area contributed by atoms with E-state index in [-0.39, 0.29) is 11.5 Å². The quantitative estimate of drug-likeness (QED) is 0.824. The Hall–Kier alpha value is -2.29. The van der Waals surface area contributed by atoms with Gasteiger partial charge in [-0.1, -0.05) is 19.1 Å². The second-order valence-corrected chi connectivity index (χ2v) is 4.89. The molecule has 2 N–H and O–H groups in total. The molecule has 0 atom stereocenters. The number of phenolic OH excluding ortho intramolecular Hbond substituents is 2. The average molecular weight is 269 g/mol. The number of rotatable bonds is 3. The smallest absolute Gasteiger partial charge is 0.128 e. The van der Waals surface area contributed by atoms with Crippen LogP contribution in [-0.2, 0) is 6.42 Å². The third kappa shape index (κ3) is 2.99. The van der Waals surface area contributed by atoms with E-state index in [0.717, 1.165) is 22.5 Å². The maximum absolute atomic E-state index is 9.97. The Morgan fingerprint density at radius 2 is 1.85 bits per heavy atom. The van der Waals surface area contributed by atoms with Gasteiger partial charge in [0.15, 0.2) is 0 Å². The minimum Gasteiger partial charge on any atom is -0.508 e. The Bertz CT molecular complexity index is 660. The molecule has 0 bridgehead atoms. The summed E-state index contributed by atoms with van der Waals surface area (Å²) in [5, 5.41) is 19.7. The number of aromatic hydroxyl groups is 2. The summed E-state index contributed by atoms with van der Waals surface area (Å²) >= 11 is 0. The summed E-state index contributed by atoms with van der Waals surface area (Å²) in [5.74, 6) is 0.172. The molecule has 0 fully saturated rings. The third-order valence-corrected chi connectivity index (χ3v) is 3.27. The summed E-state index contributed by atoms with van der Waals surface area (Å²) in [4.78, 5) is 4.53. The largest absolute Gasteiger partial charge is 0.508 e. The number of hydrogen-bond donors (Lipinski definition) is 2. The molecule has 0 unspecified atom stereocenters. The fourth-order valence-electron chi connectivity index (χ4n) is 2.15. The van der Waals surface area contributed by atoms with Crippen molar-refractivity contribution < 1.29 is 10.2 Å². The van der Waals surface area contributed by atoms with Gasteiger partial charge in [-0.15, -0.1) is 0 Å². The number of aryl methyl sites for hydroxylation is 2. The SMILES string of the molecule is CCc1cc(C(C)=Nc2cccc(C)c2)c(O)cc1O. The maximum Gasteiger partial charge on any atom is 0.128 e. The van der Waals surface area contributed by atoms with Crippen LogP contribution in [0.5, 0.6) is 11.5 Å². The normalized spacial score (nSPS) is 11.7. The van der Waals surface area contributed by atoms with Crippen LogP contribution in [0.4, 0.5) is 5.69 Å². The van der Waals surface area contributed by atoms with Crippen LogP contribution in [0.3, 0.4) is 0 Å². The van der Waals surface area contributed by atoms with Gasteiger partial charge in [-0.25, -0.2) is 0 Å². The molecule has 0 spiro atoms. The molecule has 0 radical (unpaired) electrons. The van der Waals surface area contributed by atoms with Crippen molar-refractivity contribution in [2.45, 2.75) is 27.2 Å². The second-order valence-electron chi connectivity index (χ2n) is 4.89. The van der Waals surface area contributed by atoms with Gasteiger partial charge in [-0.05, 0) is 49.6 Å². The van der Waals surface area contributed by atoms with E-state index in [1.54, 1.807) is 6.07 Å². The number of aliphatic imine (C=N–C) groups is 1. The van der Waals surface area contributed by atoms with E-state index >= 15 is 0 Å². The molecule has 3 heteroatoms. The van der Waals surface area contributed by atoms with E-state index in [4.69, 9.17) is 0 Å². The van der Waals surface area contributed by atoms with E-state index < -0.39 is 0 Å². The minimum absolute atomic E-state index is 0.0496. The molecular formula is C17H19NO2. The van der Waals surface area contributed by atoms with Crippen molar-refractivity contribution in [3.63, 3.8) is 0 Å². The number of hydrogen-bond acceptors (Lipinski definition) is 3. The lowest BCUT2D eigenvalue weighted by molar-refractivity contribution is 0.446. The number of nitrogens with zero attached hydrogens (tertiary/aromatic N) is 1. The molecule has 2 rings (SSSR count). The van der Waals surface area contributed by atoms with Crippen molar-refractivity contribution in [2.75, 3.05) is 0 Å². The lowest BCUT2D eigenvalue weighted by Gasteiger charge is -2.09. The first kappa shape index (κ1) is 14.1. The zero-order chi connectivity index (χ0) is 14.7. The van der Waals surface area contributed by atoms with Crippen LogP contribution in [0.2, 0.25) is 0 Å². The maximum atomic E-state index is 9.97. The van der Waals surface area contributed by atoms with Crippen LogP contribution >= 0.6 is 0 Å². The van der Waals surface area contributed by atoms with Gasteiger partial charge in [0.05, 0.1) is 5.69 Å². The van der Waals surface area contributed by atoms with Gasteiger partial charge in [-0.3, -0.25) is 4.99 Å². The van der Waals surface area contributed by atoms with Gasteiger partial charge in [0.25, 0.3) is 0 Å². The first-order valence-electron chi connectivity index (χ1n) is 6.68. The standard InChI is InChI=1S/C17H19NO2/c1-4-13-9-15(17(20)10-16(13)19)12(3)18-14-7-5-6-11(2)8-14/h5-10,19-20H,4H2,1-3H3. The molecule has 0 amide bonds. The van der Waals surface area contributed by atoms with Crippen LogP contribution in [0, 0.1) is 6.92 Å². The summed E-state index contributed by atoms with van der Waals surface area (Å²) in [6, 6.07) is 11.1. The van der Waals surface area contributed by atoms with Gasteiger partial charge in [0.1, 0.15) is 11.5 Å². The summed E-state index contributed by atoms with van der Waals surface area (Å²) in [6.07, 6.45) is 0.705. The Morgan fingerprint density at radius 1 is 1.10 bits per heavy atom. The Labute approximate surface area is 119 Å². The molecule has 0 saturated heterocycles. The van der Waals surface area contributed by atoms with E-state index in [1.165, 1.54) is 6.07 Å². The Kier molecular flexibility index (Phi) is 4.08. The highest BCUT2D eigenvalue weighted by Crippen LogP contribution is 2.29. The molecule has 2 aromatic carbocycles. The molecule has 0 aromatic heterocycles. The molecule has 20 heavy (non-hydrogen) atoms. The molecule has 0 aliphatic heterocycles. The van der Waals surface area contributed by atoms with Gasteiger partial charge in [0.2, 0.25) is 0 Å². The molecular weight excluding hydrogens is 250 g/mol. The summed E-state index contributed by atoms with van der Waals surface area (Å²) < 4.78 is 0. The summed E-state index contributed by atoms with van der Waals surface area (Å²) in [6.45, 7) is 5.83. The molecule has 0 aliphatic carbocycles. The zero-order valence-electron chi connectivity index (χ0n) is 12.0. The Balaban J connectivity index is 2.45. The van der Waals surface area contributed by atoms with Crippen molar-refractivity contribution in [1.82, 2.24) is 0 Å². The van der Waals surface area contributed by atoms with Crippen molar-refractivity contribution in [3.05, 3.63) is 53.1 Å². The molecule has 0 saturated carbocycles. The summed E-state index contributed by atoms with van der Waals surface area (Å²) in [5.41, 5.74) is 4.18. The average Bonchev–Trinajstić information content (AvgIpc) is 2.38. The van der Waals surface area contributed by atoms with E-state index in [9.17, 15) is 10.2 Å². The number of benzene rings is 2. The van der Waals surface area contributed by atoms with Gasteiger partial charge >= 0.3 is 0 Å². The third-order valence-electron chi connectivity index (χ3n) is 3.27. The van der Waals surface area contributed by atoms with Crippen LogP contribution in [0.1, 0.15) is 30.5 Å². The van der Waals surface area contributed by atoms with Crippen LogP contribution in [-0.4, -0.2) is 15.9 Å². The monoisotopic (exact) mass is 269 g/mol. The first-order chi connectivity index (χ1) is 9.51. The Morgan fingerprint density at radius 3 is 2.50 bits per heavy atom. The molecule has 0 heterocycles. The highest BCUT2D eigenvalue weighted by atomic mass is 16.3. The molecule has 2 aromatic rings. The van der Waals surface area contributed by atoms with Crippen molar-refractivity contribution in [2.24, 2.45) is 4.99 Å². The molecule has 0 aliphatic rings. The molecule has 3 nitrogen and oxygen atoms in total. The zero-order valence-corrected chi connectivity index (χ0v) is 12.0. The van der Waals surface area contributed by atoms with E-state index in [0.29, 0.717) is 12.0 Å². The van der Waals surface area contributed by atoms with Crippen LogP contribution in [0.15, 0.2) is 41.4 Å². The van der Waals surface area contributed by atoms with Crippen molar-refractivity contribution >= 4 is 11.4 Å².